The smallest absolute Gasteiger partial charge is 0.250 e. The molecular formula is C17H24BrN3O2SSi. The van der Waals surface area contributed by atoms with E-state index < -0.39 is 8.32 Å². The fourth-order valence-electron chi connectivity index (χ4n) is 1.75. The highest BCUT2D eigenvalue weighted by Crippen LogP contribution is 2.41. The second-order valence-corrected chi connectivity index (χ2v) is 13.7. The lowest BCUT2D eigenvalue weighted by Gasteiger charge is -2.36. The van der Waals surface area contributed by atoms with E-state index in [1.807, 2.05) is 12.3 Å². The molecule has 0 spiro atoms. The van der Waals surface area contributed by atoms with Crippen LogP contribution in [-0.2, 0) is 0 Å². The molecule has 0 amide bonds. The molecule has 0 aliphatic rings. The van der Waals surface area contributed by atoms with Gasteiger partial charge < -0.3 is 9.53 Å². The van der Waals surface area contributed by atoms with Crippen LogP contribution in [0.3, 0.4) is 0 Å². The van der Waals surface area contributed by atoms with Gasteiger partial charge in [-0.25, -0.2) is 4.98 Å². The van der Waals surface area contributed by atoms with Crippen molar-refractivity contribution in [3.05, 3.63) is 33.2 Å². The summed E-state index contributed by atoms with van der Waals surface area (Å²) in [7, 11) is -1.98. The Kier molecular flexibility index (Phi) is 5.96. The second-order valence-electron chi connectivity index (χ2n) is 7.34. The van der Waals surface area contributed by atoms with Gasteiger partial charge >= 0.3 is 0 Å². The van der Waals surface area contributed by atoms with Crippen molar-refractivity contribution in [3.63, 3.8) is 0 Å². The molecule has 1 aromatic carbocycles. The summed E-state index contributed by atoms with van der Waals surface area (Å²) < 4.78 is 7.04. The number of benzene rings is 1. The number of rotatable bonds is 5. The van der Waals surface area contributed by atoms with Crippen molar-refractivity contribution >= 4 is 46.9 Å². The average Bonchev–Trinajstić information content (AvgIpc) is 2.90. The fourth-order valence-corrected chi connectivity index (χ4v) is 4.08. The molecule has 5 nitrogen and oxygen atoms in total. The number of nitrogens with one attached hydrogen (secondary N) is 1. The van der Waals surface area contributed by atoms with Crippen LogP contribution in [0.15, 0.2) is 27.1 Å². The zero-order valence-electron chi connectivity index (χ0n) is 15.3. The Bertz CT molecular complexity index is 785. The Morgan fingerprint density at radius 2 is 2.04 bits per heavy atom. The minimum absolute atomic E-state index is 0.0861. The van der Waals surface area contributed by atoms with E-state index in [4.69, 9.17) is 4.43 Å². The molecule has 0 radical (unpaired) electrons. The molecule has 2 aromatic rings. The summed E-state index contributed by atoms with van der Waals surface area (Å²) in [6, 6.07) is 3.41. The Hall–Kier alpha value is -1.38. The van der Waals surface area contributed by atoms with E-state index in [0.717, 1.165) is 11.4 Å². The molecule has 8 heteroatoms. The van der Waals surface area contributed by atoms with E-state index in [1.54, 1.807) is 18.3 Å². The predicted molar refractivity (Wildman–Crippen MR) is 112 cm³/mol. The van der Waals surface area contributed by atoms with Crippen LogP contribution < -0.4 is 9.85 Å². The summed E-state index contributed by atoms with van der Waals surface area (Å²) in [5.41, 5.74) is 4.38. The molecule has 136 valence electrons. The second kappa shape index (κ2) is 7.47. The molecule has 0 saturated heterocycles. The van der Waals surface area contributed by atoms with Gasteiger partial charge in [0, 0.05) is 5.38 Å². The van der Waals surface area contributed by atoms with E-state index >= 15 is 0 Å². The fraction of sp³-hybridized carbons (Fsp3) is 0.412. The maximum absolute atomic E-state index is 10.2. The monoisotopic (exact) mass is 441 g/mol. The van der Waals surface area contributed by atoms with Crippen molar-refractivity contribution in [3.8, 4) is 11.5 Å². The van der Waals surface area contributed by atoms with Crippen LogP contribution in [0.25, 0.3) is 0 Å². The van der Waals surface area contributed by atoms with E-state index in [2.05, 4.69) is 65.3 Å². The minimum Gasteiger partial charge on any atom is -0.543 e. The van der Waals surface area contributed by atoms with Gasteiger partial charge in [-0.05, 0) is 53.1 Å². The maximum atomic E-state index is 10.2. The quantitative estimate of drug-likeness (QED) is 0.352. The molecule has 1 aromatic heterocycles. The zero-order valence-corrected chi connectivity index (χ0v) is 18.7. The third-order valence-electron chi connectivity index (χ3n) is 4.27. The Morgan fingerprint density at radius 1 is 1.36 bits per heavy atom. The van der Waals surface area contributed by atoms with Crippen molar-refractivity contribution in [1.29, 1.82) is 0 Å². The van der Waals surface area contributed by atoms with Crippen LogP contribution in [-0.4, -0.2) is 24.6 Å². The van der Waals surface area contributed by atoms with Gasteiger partial charge in [0.25, 0.3) is 8.32 Å². The third-order valence-corrected chi connectivity index (χ3v) is 10.3. The molecular weight excluding hydrogens is 418 g/mol. The molecule has 0 fully saturated rings. The summed E-state index contributed by atoms with van der Waals surface area (Å²) in [6.07, 6.45) is 1.56. The van der Waals surface area contributed by atoms with Crippen molar-refractivity contribution in [1.82, 2.24) is 4.98 Å². The highest BCUT2D eigenvalue weighted by atomic mass is 79.9. The van der Waals surface area contributed by atoms with Crippen LogP contribution in [0.2, 0.25) is 18.1 Å². The molecule has 2 rings (SSSR count). The van der Waals surface area contributed by atoms with Crippen LogP contribution in [0.5, 0.6) is 11.5 Å². The number of nitrogens with zero attached hydrogens (tertiary/aromatic N) is 2. The number of thiazole rings is 1. The van der Waals surface area contributed by atoms with E-state index in [-0.39, 0.29) is 10.8 Å². The number of hydrogen-bond donors (Lipinski definition) is 2. The van der Waals surface area contributed by atoms with Crippen molar-refractivity contribution < 1.29 is 9.53 Å². The number of hydrazone groups is 1. The standard InChI is InChI=1S/C17H24BrN3O2SSi/c1-11-10-24-16(20-11)21-19-9-12-13(22)7-8-14(15(12)18)23-25(5,6)17(2,3)4/h7-10,22H,1-6H3,(H,20,21). The van der Waals surface area contributed by atoms with Crippen LogP contribution >= 0.6 is 27.3 Å². The summed E-state index contributed by atoms with van der Waals surface area (Å²) in [5.74, 6) is 0.853. The number of hydrogen-bond acceptors (Lipinski definition) is 6. The van der Waals surface area contributed by atoms with Gasteiger partial charge in [0.15, 0.2) is 0 Å². The molecule has 0 aliphatic heterocycles. The highest BCUT2D eigenvalue weighted by Gasteiger charge is 2.39. The van der Waals surface area contributed by atoms with Gasteiger partial charge in [0.1, 0.15) is 11.5 Å². The molecule has 25 heavy (non-hydrogen) atoms. The summed E-state index contributed by atoms with van der Waals surface area (Å²) in [4.78, 5) is 4.28. The lowest BCUT2D eigenvalue weighted by atomic mass is 10.2. The Morgan fingerprint density at radius 3 is 2.60 bits per heavy atom. The first-order valence-electron chi connectivity index (χ1n) is 7.93. The van der Waals surface area contributed by atoms with Gasteiger partial charge in [-0.15, -0.1) is 11.3 Å². The van der Waals surface area contributed by atoms with Crippen LogP contribution in [0, 0.1) is 6.92 Å². The number of aromatic hydroxyl groups is 1. The van der Waals surface area contributed by atoms with Gasteiger partial charge in [-0.1, -0.05) is 20.8 Å². The maximum Gasteiger partial charge on any atom is 0.250 e. The molecule has 0 saturated carbocycles. The third kappa shape index (κ3) is 4.83. The SMILES string of the molecule is Cc1csc(NN=Cc2c(O)ccc(O[Si](C)(C)C(C)(C)C)c2Br)n1. The van der Waals surface area contributed by atoms with Gasteiger partial charge in [-0.2, -0.15) is 5.10 Å². The molecule has 1 heterocycles. The van der Waals surface area contributed by atoms with Crippen molar-refractivity contribution in [2.75, 3.05) is 5.43 Å². The summed E-state index contributed by atoms with van der Waals surface area (Å²) in [6.45, 7) is 12.9. The molecule has 2 N–H and O–H groups in total. The highest BCUT2D eigenvalue weighted by molar-refractivity contribution is 9.10. The Labute approximate surface area is 162 Å². The topological polar surface area (TPSA) is 66.7 Å². The lowest BCUT2D eigenvalue weighted by molar-refractivity contribution is 0.466. The number of aromatic nitrogens is 1. The van der Waals surface area contributed by atoms with Gasteiger partial charge in [-0.3, -0.25) is 5.43 Å². The first-order valence-corrected chi connectivity index (χ1v) is 12.5. The number of anilines is 1. The van der Waals surface area contributed by atoms with Crippen LogP contribution in [0.1, 0.15) is 32.0 Å². The average molecular weight is 442 g/mol. The van der Waals surface area contributed by atoms with E-state index in [0.29, 0.717) is 15.2 Å². The number of phenolic OH excluding ortho intramolecular Hbond substituents is 1. The van der Waals surface area contributed by atoms with E-state index in [9.17, 15) is 5.11 Å². The first-order chi connectivity index (χ1) is 11.5. The normalized spacial score (nSPS) is 12.6. The first kappa shape index (κ1) is 19.9. The number of halogens is 1. The lowest BCUT2D eigenvalue weighted by Crippen LogP contribution is -2.44. The molecule has 0 unspecified atom stereocenters. The van der Waals surface area contributed by atoms with Gasteiger partial charge in [0.2, 0.25) is 5.13 Å². The van der Waals surface area contributed by atoms with Crippen molar-refractivity contribution in [2.24, 2.45) is 5.10 Å². The molecule has 0 aliphatic carbocycles. The summed E-state index contributed by atoms with van der Waals surface area (Å²) >= 11 is 5.02. The molecule has 0 atom stereocenters. The number of phenols is 1. The minimum atomic E-state index is -1.98. The zero-order chi connectivity index (χ0) is 18.8. The van der Waals surface area contributed by atoms with Crippen LogP contribution in [0.4, 0.5) is 5.13 Å². The van der Waals surface area contributed by atoms with Crippen molar-refractivity contribution in [2.45, 2.75) is 45.8 Å². The largest absolute Gasteiger partial charge is 0.543 e. The molecule has 0 bridgehead atoms. The summed E-state index contributed by atoms with van der Waals surface area (Å²) in [5, 5.41) is 17.1. The Balaban J connectivity index is 2.24. The van der Waals surface area contributed by atoms with Gasteiger partial charge in [0.05, 0.1) is 21.9 Å². The van der Waals surface area contributed by atoms with E-state index in [1.165, 1.54) is 11.3 Å². The predicted octanol–water partition coefficient (Wildman–Crippen LogP) is 5.75. The number of aryl methyl sites for hydroxylation is 1.